The molecule has 19 heavy (non-hydrogen) atoms. The first-order valence-corrected chi connectivity index (χ1v) is 6.79. The summed E-state index contributed by atoms with van der Waals surface area (Å²) < 4.78 is 0. The van der Waals surface area contributed by atoms with Gasteiger partial charge in [-0.2, -0.15) is 0 Å². The van der Waals surface area contributed by atoms with Gasteiger partial charge in [0.1, 0.15) is 0 Å². The summed E-state index contributed by atoms with van der Waals surface area (Å²) in [6.45, 7) is 4.12. The third-order valence-electron chi connectivity index (χ3n) is 2.67. The molecule has 0 aliphatic heterocycles. The summed E-state index contributed by atoms with van der Waals surface area (Å²) in [4.78, 5) is 0. The van der Waals surface area contributed by atoms with Gasteiger partial charge in [0.15, 0.2) is 5.11 Å². The first-order chi connectivity index (χ1) is 9.15. The van der Waals surface area contributed by atoms with Crippen molar-refractivity contribution in [1.82, 2.24) is 5.32 Å². The van der Waals surface area contributed by atoms with Crippen LogP contribution in [0.1, 0.15) is 13.8 Å². The van der Waals surface area contributed by atoms with E-state index in [1.165, 1.54) is 11.1 Å². The summed E-state index contributed by atoms with van der Waals surface area (Å²) in [5, 5.41) is 6.99. The van der Waals surface area contributed by atoms with Crippen LogP contribution in [0.15, 0.2) is 54.6 Å². The monoisotopic (exact) mass is 270 g/mol. The lowest BCUT2D eigenvalue weighted by molar-refractivity contribution is 0.739. The molecule has 2 rings (SSSR count). The molecule has 0 aliphatic rings. The lowest BCUT2D eigenvalue weighted by Gasteiger charge is -2.13. The number of rotatable bonds is 3. The quantitative estimate of drug-likeness (QED) is 0.823. The molecular weight excluding hydrogens is 252 g/mol. The summed E-state index contributed by atoms with van der Waals surface area (Å²) in [5.74, 6) is 0. The van der Waals surface area contributed by atoms with Gasteiger partial charge in [-0.3, -0.25) is 0 Å². The van der Waals surface area contributed by atoms with E-state index in [-0.39, 0.29) is 0 Å². The van der Waals surface area contributed by atoms with Crippen LogP contribution in [0.2, 0.25) is 0 Å². The highest BCUT2D eigenvalue weighted by Gasteiger charge is 2.00. The summed E-state index contributed by atoms with van der Waals surface area (Å²) in [6.07, 6.45) is 0. The Morgan fingerprint density at radius 1 is 0.895 bits per heavy atom. The van der Waals surface area contributed by atoms with Crippen molar-refractivity contribution >= 4 is 23.0 Å². The van der Waals surface area contributed by atoms with Crippen molar-refractivity contribution in [2.75, 3.05) is 5.32 Å². The van der Waals surface area contributed by atoms with E-state index in [1.54, 1.807) is 0 Å². The van der Waals surface area contributed by atoms with Crippen LogP contribution in [0.3, 0.4) is 0 Å². The van der Waals surface area contributed by atoms with Crippen molar-refractivity contribution in [1.29, 1.82) is 0 Å². The second-order valence-corrected chi connectivity index (χ2v) is 5.10. The van der Waals surface area contributed by atoms with Gasteiger partial charge in [-0.1, -0.05) is 42.5 Å². The molecule has 0 amide bonds. The van der Waals surface area contributed by atoms with Gasteiger partial charge in [0, 0.05) is 11.7 Å². The van der Waals surface area contributed by atoms with Gasteiger partial charge in [0.05, 0.1) is 0 Å². The van der Waals surface area contributed by atoms with Gasteiger partial charge in [-0.25, -0.2) is 0 Å². The van der Waals surface area contributed by atoms with Crippen LogP contribution in [0.5, 0.6) is 0 Å². The maximum absolute atomic E-state index is 5.22. The van der Waals surface area contributed by atoms with E-state index in [0.29, 0.717) is 11.2 Å². The highest BCUT2D eigenvalue weighted by atomic mass is 32.1. The van der Waals surface area contributed by atoms with Crippen molar-refractivity contribution in [3.05, 3.63) is 54.6 Å². The average Bonchev–Trinajstić information content (AvgIpc) is 2.39. The summed E-state index contributed by atoms with van der Waals surface area (Å²) in [6, 6.07) is 18.9. The molecule has 2 N–H and O–H groups in total. The smallest absolute Gasteiger partial charge is 0.170 e. The van der Waals surface area contributed by atoms with E-state index in [2.05, 4.69) is 48.7 Å². The van der Waals surface area contributed by atoms with Gasteiger partial charge in [-0.15, -0.1) is 0 Å². The molecule has 98 valence electrons. The first-order valence-electron chi connectivity index (χ1n) is 6.38. The molecule has 0 aliphatic carbocycles. The second-order valence-electron chi connectivity index (χ2n) is 4.70. The SMILES string of the molecule is CC(C)NC(=S)Nc1ccc(-c2ccccc2)cc1. The Morgan fingerprint density at radius 3 is 2.05 bits per heavy atom. The van der Waals surface area contributed by atoms with Crippen molar-refractivity contribution in [3.8, 4) is 11.1 Å². The van der Waals surface area contributed by atoms with Gasteiger partial charge < -0.3 is 10.6 Å². The van der Waals surface area contributed by atoms with Crippen LogP contribution in [0.25, 0.3) is 11.1 Å². The predicted octanol–water partition coefficient (Wildman–Crippen LogP) is 4.05. The Morgan fingerprint density at radius 2 is 1.47 bits per heavy atom. The van der Waals surface area contributed by atoms with Crippen LogP contribution in [-0.4, -0.2) is 11.2 Å². The fourth-order valence-electron chi connectivity index (χ4n) is 1.81. The molecule has 0 radical (unpaired) electrons. The molecule has 0 aromatic heterocycles. The lowest BCUT2D eigenvalue weighted by atomic mass is 10.1. The fraction of sp³-hybridized carbons (Fsp3) is 0.188. The van der Waals surface area contributed by atoms with Crippen molar-refractivity contribution < 1.29 is 0 Å². The molecule has 0 bridgehead atoms. The number of hydrogen-bond acceptors (Lipinski definition) is 1. The number of anilines is 1. The zero-order chi connectivity index (χ0) is 13.7. The van der Waals surface area contributed by atoms with Gasteiger partial charge in [0.25, 0.3) is 0 Å². The summed E-state index contributed by atoms with van der Waals surface area (Å²) >= 11 is 5.22. The average molecular weight is 270 g/mol. The van der Waals surface area contributed by atoms with E-state index in [4.69, 9.17) is 12.2 Å². The highest BCUT2D eigenvalue weighted by Crippen LogP contribution is 2.20. The first kappa shape index (κ1) is 13.6. The van der Waals surface area contributed by atoms with Gasteiger partial charge in [-0.05, 0) is 49.3 Å². The zero-order valence-corrected chi connectivity index (χ0v) is 12.0. The zero-order valence-electron chi connectivity index (χ0n) is 11.2. The van der Waals surface area contributed by atoms with Crippen LogP contribution < -0.4 is 10.6 Å². The molecule has 0 unspecified atom stereocenters. The van der Waals surface area contributed by atoms with Crippen LogP contribution >= 0.6 is 12.2 Å². The Kier molecular flexibility index (Phi) is 4.53. The van der Waals surface area contributed by atoms with Gasteiger partial charge >= 0.3 is 0 Å². The molecule has 2 aromatic carbocycles. The summed E-state index contributed by atoms with van der Waals surface area (Å²) in [5.41, 5.74) is 3.42. The molecule has 2 nitrogen and oxygen atoms in total. The molecular formula is C16H18N2S. The van der Waals surface area contributed by atoms with E-state index < -0.39 is 0 Å². The van der Waals surface area contributed by atoms with E-state index in [0.717, 1.165) is 5.69 Å². The number of hydrogen-bond donors (Lipinski definition) is 2. The van der Waals surface area contributed by atoms with Crippen molar-refractivity contribution in [2.24, 2.45) is 0 Å². The molecule has 3 heteroatoms. The Bertz CT molecular complexity index is 532. The fourth-order valence-corrected chi connectivity index (χ4v) is 2.16. The maximum atomic E-state index is 5.22. The number of benzene rings is 2. The second kappa shape index (κ2) is 6.34. The maximum Gasteiger partial charge on any atom is 0.170 e. The molecule has 0 saturated heterocycles. The van der Waals surface area contributed by atoms with Crippen molar-refractivity contribution in [2.45, 2.75) is 19.9 Å². The largest absolute Gasteiger partial charge is 0.360 e. The van der Waals surface area contributed by atoms with E-state index in [1.807, 2.05) is 30.3 Å². The molecule has 2 aromatic rings. The van der Waals surface area contributed by atoms with Crippen LogP contribution in [-0.2, 0) is 0 Å². The third-order valence-corrected chi connectivity index (χ3v) is 2.89. The highest BCUT2D eigenvalue weighted by molar-refractivity contribution is 7.80. The topological polar surface area (TPSA) is 24.1 Å². The number of nitrogens with one attached hydrogen (secondary N) is 2. The predicted molar refractivity (Wildman–Crippen MR) is 86.4 cm³/mol. The normalized spacial score (nSPS) is 10.3. The molecule has 0 spiro atoms. The molecule has 0 fully saturated rings. The Hall–Kier alpha value is -1.87. The van der Waals surface area contributed by atoms with E-state index >= 15 is 0 Å². The van der Waals surface area contributed by atoms with E-state index in [9.17, 15) is 0 Å². The third kappa shape index (κ3) is 4.07. The summed E-state index contributed by atoms with van der Waals surface area (Å²) in [7, 11) is 0. The van der Waals surface area contributed by atoms with Gasteiger partial charge in [0.2, 0.25) is 0 Å². The molecule has 0 atom stereocenters. The lowest BCUT2D eigenvalue weighted by Crippen LogP contribution is -2.33. The molecule has 0 saturated carbocycles. The van der Waals surface area contributed by atoms with Crippen molar-refractivity contribution in [3.63, 3.8) is 0 Å². The Balaban J connectivity index is 2.05. The minimum absolute atomic E-state index is 0.337. The minimum Gasteiger partial charge on any atom is -0.360 e. The number of thiocarbonyl (C=S) groups is 1. The molecule has 0 heterocycles. The minimum atomic E-state index is 0.337. The standard InChI is InChI=1S/C16H18N2S/c1-12(2)17-16(19)18-15-10-8-14(9-11-15)13-6-4-3-5-7-13/h3-12H,1-2H3,(H2,17,18,19). The Labute approximate surface area is 119 Å². The van der Waals surface area contributed by atoms with Crippen LogP contribution in [0.4, 0.5) is 5.69 Å². The van der Waals surface area contributed by atoms with Crippen LogP contribution in [0, 0.1) is 0 Å².